The molecule has 106 valence electrons. The molecule has 0 atom stereocenters. The van der Waals surface area contributed by atoms with Crippen LogP contribution < -0.4 is 9.47 Å². The minimum absolute atomic E-state index is 0.183. The number of nitrogens with zero attached hydrogens (tertiary/aromatic N) is 2. The van der Waals surface area contributed by atoms with E-state index in [1.54, 1.807) is 12.1 Å². The zero-order chi connectivity index (χ0) is 14.7. The smallest absolute Gasteiger partial charge is 0.242 e. The molecule has 4 nitrogen and oxygen atoms in total. The Kier molecular flexibility index (Phi) is 4.68. The second kappa shape index (κ2) is 6.29. The van der Waals surface area contributed by atoms with E-state index in [1.165, 1.54) is 7.11 Å². The highest BCUT2D eigenvalue weighted by atomic mass is 35.5. The van der Waals surface area contributed by atoms with Gasteiger partial charge in [-0.05, 0) is 17.5 Å². The van der Waals surface area contributed by atoms with Gasteiger partial charge in [-0.3, -0.25) is 0 Å². The molecule has 0 aliphatic rings. The SMILES string of the molecule is COc1cc(Oc2c(Cl)cccc2C(C)C)nnc1Cl. The number of halogens is 2. The first-order chi connectivity index (χ1) is 9.52. The molecule has 0 N–H and O–H groups in total. The standard InChI is InChI=1S/C14H14Cl2N2O2/c1-8(2)9-5-4-6-10(15)13(9)20-12-7-11(19-3)14(16)18-17-12/h4-8H,1-3H3. The molecule has 0 saturated carbocycles. The van der Waals surface area contributed by atoms with E-state index in [1.807, 2.05) is 12.1 Å². The molecule has 20 heavy (non-hydrogen) atoms. The summed E-state index contributed by atoms with van der Waals surface area (Å²) < 4.78 is 10.8. The summed E-state index contributed by atoms with van der Waals surface area (Å²) in [7, 11) is 1.50. The van der Waals surface area contributed by atoms with Crippen molar-refractivity contribution in [1.82, 2.24) is 10.2 Å². The molecule has 1 heterocycles. The summed E-state index contributed by atoms with van der Waals surface area (Å²) in [6.07, 6.45) is 0. The van der Waals surface area contributed by atoms with Crippen LogP contribution in [-0.2, 0) is 0 Å². The Balaban J connectivity index is 2.39. The van der Waals surface area contributed by atoms with E-state index >= 15 is 0 Å². The quantitative estimate of drug-likeness (QED) is 0.820. The number of para-hydroxylation sites is 1. The highest BCUT2D eigenvalue weighted by Crippen LogP contribution is 2.37. The van der Waals surface area contributed by atoms with Crippen LogP contribution >= 0.6 is 23.2 Å². The van der Waals surface area contributed by atoms with Crippen LogP contribution in [0.2, 0.25) is 10.2 Å². The first kappa shape index (κ1) is 14.9. The summed E-state index contributed by atoms with van der Waals surface area (Å²) >= 11 is 12.0. The van der Waals surface area contributed by atoms with Gasteiger partial charge in [0.05, 0.1) is 12.1 Å². The average molecular weight is 313 g/mol. The highest BCUT2D eigenvalue weighted by Gasteiger charge is 2.14. The van der Waals surface area contributed by atoms with Crippen molar-refractivity contribution in [1.29, 1.82) is 0 Å². The largest absolute Gasteiger partial charge is 0.493 e. The number of hydrogen-bond acceptors (Lipinski definition) is 4. The molecular formula is C14H14Cl2N2O2. The van der Waals surface area contributed by atoms with Gasteiger partial charge in [-0.15, -0.1) is 10.2 Å². The summed E-state index contributed by atoms with van der Waals surface area (Å²) in [5.41, 5.74) is 0.994. The molecule has 0 spiro atoms. The van der Waals surface area contributed by atoms with Crippen molar-refractivity contribution in [2.45, 2.75) is 19.8 Å². The van der Waals surface area contributed by atoms with Crippen LogP contribution in [0, 0.1) is 0 Å². The van der Waals surface area contributed by atoms with Crippen molar-refractivity contribution in [2.24, 2.45) is 0 Å². The summed E-state index contributed by atoms with van der Waals surface area (Å²) in [6, 6.07) is 7.19. The van der Waals surface area contributed by atoms with E-state index in [2.05, 4.69) is 24.0 Å². The van der Waals surface area contributed by atoms with Crippen LogP contribution in [0.15, 0.2) is 24.3 Å². The molecule has 0 saturated heterocycles. The molecular weight excluding hydrogens is 299 g/mol. The molecule has 2 rings (SSSR count). The van der Waals surface area contributed by atoms with E-state index in [9.17, 15) is 0 Å². The third-order valence-electron chi connectivity index (χ3n) is 2.74. The number of hydrogen-bond donors (Lipinski definition) is 0. The van der Waals surface area contributed by atoms with Crippen LogP contribution in [0.3, 0.4) is 0 Å². The van der Waals surface area contributed by atoms with Gasteiger partial charge in [0.15, 0.2) is 16.7 Å². The van der Waals surface area contributed by atoms with Crippen LogP contribution in [0.4, 0.5) is 0 Å². The first-order valence-corrected chi connectivity index (χ1v) is 6.82. The van der Waals surface area contributed by atoms with Crippen LogP contribution in [0.25, 0.3) is 0 Å². The molecule has 0 aliphatic heterocycles. The maximum absolute atomic E-state index is 6.20. The Morgan fingerprint density at radius 3 is 2.55 bits per heavy atom. The first-order valence-electron chi connectivity index (χ1n) is 6.06. The van der Waals surface area contributed by atoms with Gasteiger partial charge in [0.1, 0.15) is 0 Å². The molecule has 1 aromatic heterocycles. The lowest BCUT2D eigenvalue weighted by Gasteiger charge is -2.14. The Bertz CT molecular complexity index is 618. The predicted molar refractivity (Wildman–Crippen MR) is 79.2 cm³/mol. The van der Waals surface area contributed by atoms with Crippen molar-refractivity contribution in [3.63, 3.8) is 0 Å². The van der Waals surface area contributed by atoms with E-state index in [0.29, 0.717) is 16.5 Å². The van der Waals surface area contributed by atoms with Gasteiger partial charge in [-0.25, -0.2) is 0 Å². The van der Waals surface area contributed by atoms with E-state index < -0.39 is 0 Å². The van der Waals surface area contributed by atoms with Crippen LogP contribution in [0.1, 0.15) is 25.3 Å². The minimum Gasteiger partial charge on any atom is -0.493 e. The van der Waals surface area contributed by atoms with Gasteiger partial charge in [0.2, 0.25) is 5.88 Å². The number of rotatable bonds is 4. The Hall–Kier alpha value is -1.52. The molecule has 6 heteroatoms. The number of ether oxygens (including phenoxy) is 2. The van der Waals surface area contributed by atoms with Gasteiger partial charge in [0.25, 0.3) is 0 Å². The third-order valence-corrected chi connectivity index (χ3v) is 3.30. The highest BCUT2D eigenvalue weighted by molar-refractivity contribution is 6.32. The third kappa shape index (κ3) is 3.14. The molecule has 0 amide bonds. The van der Waals surface area contributed by atoms with Crippen LogP contribution in [0.5, 0.6) is 17.4 Å². The van der Waals surface area contributed by atoms with Crippen molar-refractivity contribution < 1.29 is 9.47 Å². The van der Waals surface area contributed by atoms with Gasteiger partial charge in [0, 0.05) is 6.07 Å². The monoisotopic (exact) mass is 312 g/mol. The van der Waals surface area contributed by atoms with Crippen molar-refractivity contribution >= 4 is 23.2 Å². The normalized spacial score (nSPS) is 10.7. The molecule has 0 unspecified atom stereocenters. The lowest BCUT2D eigenvalue weighted by atomic mass is 10.0. The molecule has 0 radical (unpaired) electrons. The fourth-order valence-corrected chi connectivity index (χ4v) is 2.12. The van der Waals surface area contributed by atoms with Gasteiger partial charge >= 0.3 is 0 Å². The Morgan fingerprint density at radius 1 is 1.15 bits per heavy atom. The second-order valence-electron chi connectivity index (χ2n) is 4.46. The van der Waals surface area contributed by atoms with Gasteiger partial charge in [-0.2, -0.15) is 0 Å². The van der Waals surface area contributed by atoms with E-state index in [4.69, 9.17) is 32.7 Å². The summed E-state index contributed by atoms with van der Waals surface area (Å²) in [6.45, 7) is 4.12. The zero-order valence-electron chi connectivity index (χ0n) is 11.4. The lowest BCUT2D eigenvalue weighted by molar-refractivity contribution is 0.398. The molecule has 0 aliphatic carbocycles. The zero-order valence-corrected chi connectivity index (χ0v) is 12.9. The second-order valence-corrected chi connectivity index (χ2v) is 5.22. The number of methoxy groups -OCH3 is 1. The molecule has 1 aromatic carbocycles. The average Bonchev–Trinajstić information content (AvgIpc) is 2.42. The molecule has 2 aromatic rings. The summed E-state index contributed by atoms with van der Waals surface area (Å²) in [5.74, 6) is 1.52. The molecule has 0 fully saturated rings. The van der Waals surface area contributed by atoms with Crippen molar-refractivity contribution in [3.05, 3.63) is 40.0 Å². The van der Waals surface area contributed by atoms with Gasteiger partial charge < -0.3 is 9.47 Å². The summed E-state index contributed by atoms with van der Waals surface area (Å²) in [4.78, 5) is 0. The topological polar surface area (TPSA) is 44.2 Å². The predicted octanol–water partition coefficient (Wildman–Crippen LogP) is 4.71. The Labute approximate surface area is 127 Å². The Morgan fingerprint density at radius 2 is 1.90 bits per heavy atom. The van der Waals surface area contributed by atoms with Gasteiger partial charge in [-0.1, -0.05) is 49.2 Å². The lowest BCUT2D eigenvalue weighted by Crippen LogP contribution is -1.98. The fourth-order valence-electron chi connectivity index (χ4n) is 1.73. The van der Waals surface area contributed by atoms with Crippen molar-refractivity contribution in [2.75, 3.05) is 7.11 Å². The summed E-state index contributed by atoms with van der Waals surface area (Å²) in [5, 5.41) is 8.36. The van der Waals surface area contributed by atoms with Crippen LogP contribution in [-0.4, -0.2) is 17.3 Å². The number of benzene rings is 1. The maximum atomic E-state index is 6.20. The van der Waals surface area contributed by atoms with E-state index in [-0.39, 0.29) is 17.0 Å². The number of aromatic nitrogens is 2. The fraction of sp³-hybridized carbons (Fsp3) is 0.286. The van der Waals surface area contributed by atoms with Crippen molar-refractivity contribution in [3.8, 4) is 17.4 Å². The molecule has 0 bridgehead atoms. The maximum Gasteiger partial charge on any atom is 0.242 e. The van der Waals surface area contributed by atoms with E-state index in [0.717, 1.165) is 5.56 Å². The minimum atomic E-state index is 0.183.